The van der Waals surface area contributed by atoms with Crippen LogP contribution in [0, 0.1) is 0 Å². The summed E-state index contributed by atoms with van der Waals surface area (Å²) < 4.78 is 31.5. The summed E-state index contributed by atoms with van der Waals surface area (Å²) in [5.74, 6) is 0.0295. The number of nitrogens with zero attached hydrogens (tertiary/aromatic N) is 2. The van der Waals surface area contributed by atoms with Crippen LogP contribution in [0.5, 0.6) is 5.88 Å². The van der Waals surface area contributed by atoms with Gasteiger partial charge in [0.2, 0.25) is 0 Å². The van der Waals surface area contributed by atoms with Crippen LogP contribution < -0.4 is 4.74 Å². The van der Waals surface area contributed by atoms with Crippen LogP contribution in [0.25, 0.3) is 0 Å². The average Bonchev–Trinajstić information content (AvgIpc) is 2.41. The van der Waals surface area contributed by atoms with Crippen LogP contribution in [0.15, 0.2) is 0 Å². The largest absolute Gasteiger partial charge is 0.479 e. The summed E-state index contributed by atoms with van der Waals surface area (Å²) in [6.45, 7) is 5.30. The normalized spacial score (nSPS) is 12.3. The Kier molecular flexibility index (Phi) is 3.23. The molecule has 15 heavy (non-hydrogen) atoms. The van der Waals surface area contributed by atoms with E-state index in [9.17, 15) is 8.78 Å². The standard InChI is InChI=1S/C9H13ClF2N2O/c1-9(2,3)14-6(7(11)12)5(10)8(13-14)15-4/h7H,1-4H3. The van der Waals surface area contributed by atoms with Gasteiger partial charge in [-0.05, 0) is 20.8 Å². The van der Waals surface area contributed by atoms with E-state index in [4.69, 9.17) is 16.3 Å². The minimum absolute atomic E-state index is 0.0295. The molecule has 0 amide bonds. The van der Waals surface area contributed by atoms with Crippen molar-refractivity contribution in [2.24, 2.45) is 0 Å². The fourth-order valence-electron chi connectivity index (χ4n) is 1.22. The van der Waals surface area contributed by atoms with Crippen LogP contribution in [0.2, 0.25) is 5.02 Å². The first-order chi connectivity index (χ1) is 6.79. The van der Waals surface area contributed by atoms with Gasteiger partial charge in [-0.2, -0.15) is 0 Å². The zero-order chi connectivity index (χ0) is 11.8. The number of hydrogen-bond acceptors (Lipinski definition) is 2. The maximum Gasteiger partial charge on any atom is 0.281 e. The highest BCUT2D eigenvalue weighted by atomic mass is 35.5. The van der Waals surface area contributed by atoms with E-state index in [-0.39, 0.29) is 16.6 Å². The minimum Gasteiger partial charge on any atom is -0.479 e. The quantitative estimate of drug-likeness (QED) is 0.791. The van der Waals surface area contributed by atoms with Crippen molar-refractivity contribution in [2.75, 3.05) is 7.11 Å². The second kappa shape index (κ2) is 3.96. The first-order valence-corrected chi connectivity index (χ1v) is 4.78. The Morgan fingerprint density at radius 3 is 2.20 bits per heavy atom. The molecule has 0 unspecified atom stereocenters. The highest BCUT2D eigenvalue weighted by Crippen LogP contribution is 2.36. The van der Waals surface area contributed by atoms with E-state index >= 15 is 0 Å². The van der Waals surface area contributed by atoms with E-state index in [2.05, 4.69) is 5.10 Å². The average molecular weight is 239 g/mol. The van der Waals surface area contributed by atoms with Gasteiger partial charge in [-0.1, -0.05) is 11.6 Å². The summed E-state index contributed by atoms with van der Waals surface area (Å²) in [4.78, 5) is 0. The number of alkyl halides is 2. The number of ether oxygens (including phenoxy) is 1. The van der Waals surface area contributed by atoms with Crippen LogP contribution in [-0.4, -0.2) is 16.9 Å². The molecule has 0 aromatic carbocycles. The number of hydrogen-bond donors (Lipinski definition) is 0. The number of aromatic nitrogens is 2. The van der Waals surface area contributed by atoms with Crippen LogP contribution >= 0.6 is 11.6 Å². The van der Waals surface area contributed by atoms with Gasteiger partial charge >= 0.3 is 0 Å². The molecule has 0 spiro atoms. The molecule has 0 aliphatic heterocycles. The lowest BCUT2D eigenvalue weighted by molar-refractivity contribution is 0.130. The van der Waals surface area contributed by atoms with E-state index in [0.717, 1.165) is 0 Å². The second-order valence-corrected chi connectivity index (χ2v) is 4.47. The summed E-state index contributed by atoms with van der Waals surface area (Å²) in [6.07, 6.45) is -2.67. The Balaban J connectivity index is 3.38. The Morgan fingerprint density at radius 2 is 1.93 bits per heavy atom. The van der Waals surface area contributed by atoms with Crippen molar-refractivity contribution in [1.82, 2.24) is 9.78 Å². The third-order valence-corrected chi connectivity index (χ3v) is 2.22. The number of methoxy groups -OCH3 is 1. The van der Waals surface area contributed by atoms with E-state index in [0.29, 0.717) is 0 Å². The lowest BCUT2D eigenvalue weighted by Crippen LogP contribution is -2.25. The van der Waals surface area contributed by atoms with E-state index in [1.165, 1.54) is 11.8 Å². The van der Waals surface area contributed by atoms with Gasteiger partial charge in [0, 0.05) is 0 Å². The lowest BCUT2D eigenvalue weighted by Gasteiger charge is -2.21. The summed E-state index contributed by atoms with van der Waals surface area (Å²) in [5, 5.41) is 3.78. The van der Waals surface area contributed by atoms with Gasteiger partial charge < -0.3 is 4.74 Å². The molecular formula is C9H13ClF2N2O. The van der Waals surface area contributed by atoms with Crippen molar-refractivity contribution in [2.45, 2.75) is 32.7 Å². The highest BCUT2D eigenvalue weighted by molar-refractivity contribution is 6.32. The van der Waals surface area contributed by atoms with Crippen molar-refractivity contribution in [3.63, 3.8) is 0 Å². The molecule has 0 aliphatic rings. The summed E-state index contributed by atoms with van der Waals surface area (Å²) in [6, 6.07) is 0. The van der Waals surface area contributed by atoms with Crippen LogP contribution in [0.1, 0.15) is 32.9 Å². The Hall–Kier alpha value is -0.840. The van der Waals surface area contributed by atoms with E-state index in [1.54, 1.807) is 20.8 Å². The molecule has 0 atom stereocenters. The third-order valence-electron chi connectivity index (χ3n) is 1.87. The number of halogens is 3. The molecule has 0 fully saturated rings. The van der Waals surface area contributed by atoms with E-state index in [1.807, 2.05) is 0 Å². The Morgan fingerprint density at radius 1 is 1.40 bits per heavy atom. The van der Waals surface area contributed by atoms with Crippen LogP contribution in [0.3, 0.4) is 0 Å². The van der Waals surface area contributed by atoms with Crippen molar-refractivity contribution in [3.05, 3.63) is 10.7 Å². The second-order valence-electron chi connectivity index (χ2n) is 4.09. The van der Waals surface area contributed by atoms with Gasteiger partial charge in [-0.25, -0.2) is 8.78 Å². The maximum absolute atomic E-state index is 12.8. The van der Waals surface area contributed by atoms with Gasteiger partial charge in [0.25, 0.3) is 12.3 Å². The molecule has 0 radical (unpaired) electrons. The van der Waals surface area contributed by atoms with Crippen molar-refractivity contribution < 1.29 is 13.5 Å². The maximum atomic E-state index is 12.8. The fourth-order valence-corrected chi connectivity index (χ4v) is 1.50. The molecule has 3 nitrogen and oxygen atoms in total. The molecule has 6 heteroatoms. The summed E-state index contributed by atoms with van der Waals surface area (Å²) in [5.41, 5.74) is -0.868. The van der Waals surface area contributed by atoms with Crippen molar-refractivity contribution in [1.29, 1.82) is 0 Å². The minimum atomic E-state index is -2.67. The monoisotopic (exact) mass is 238 g/mol. The first-order valence-electron chi connectivity index (χ1n) is 4.40. The molecule has 1 rings (SSSR count). The Labute approximate surface area is 92.0 Å². The van der Waals surface area contributed by atoms with Crippen LogP contribution in [0.4, 0.5) is 8.78 Å². The molecule has 0 saturated heterocycles. The number of rotatable bonds is 2. The van der Waals surface area contributed by atoms with E-state index < -0.39 is 12.0 Å². The van der Waals surface area contributed by atoms with Gasteiger partial charge in [0.15, 0.2) is 0 Å². The molecule has 1 aromatic rings. The molecule has 0 aliphatic carbocycles. The zero-order valence-corrected chi connectivity index (χ0v) is 9.77. The Bertz CT molecular complexity index is 358. The lowest BCUT2D eigenvalue weighted by atomic mass is 10.1. The topological polar surface area (TPSA) is 27.1 Å². The molecule has 0 saturated carbocycles. The van der Waals surface area contributed by atoms with Gasteiger partial charge in [-0.15, -0.1) is 5.10 Å². The van der Waals surface area contributed by atoms with Gasteiger partial charge in [-0.3, -0.25) is 4.68 Å². The molecule has 0 N–H and O–H groups in total. The zero-order valence-electron chi connectivity index (χ0n) is 9.01. The summed E-state index contributed by atoms with van der Waals surface area (Å²) in [7, 11) is 1.34. The van der Waals surface area contributed by atoms with Gasteiger partial charge in [0.05, 0.1) is 12.6 Å². The molecule has 86 valence electrons. The molecular weight excluding hydrogens is 226 g/mol. The van der Waals surface area contributed by atoms with Crippen molar-refractivity contribution in [3.8, 4) is 5.88 Å². The van der Waals surface area contributed by atoms with Crippen molar-refractivity contribution >= 4 is 11.6 Å². The molecule has 1 heterocycles. The smallest absolute Gasteiger partial charge is 0.281 e. The molecule has 0 bridgehead atoms. The predicted molar refractivity (Wildman–Crippen MR) is 53.7 cm³/mol. The third kappa shape index (κ3) is 2.22. The first kappa shape index (κ1) is 12.2. The predicted octanol–water partition coefficient (Wildman–Crippen LogP) is 3.24. The highest BCUT2D eigenvalue weighted by Gasteiger charge is 2.29. The summed E-state index contributed by atoms with van der Waals surface area (Å²) >= 11 is 5.74. The SMILES string of the molecule is COc1nn(C(C)(C)C)c(C(F)F)c1Cl. The van der Waals surface area contributed by atoms with Gasteiger partial charge in [0.1, 0.15) is 10.7 Å². The molecule has 1 aromatic heterocycles. The fraction of sp³-hybridized carbons (Fsp3) is 0.667. The van der Waals surface area contributed by atoms with Crippen LogP contribution in [-0.2, 0) is 5.54 Å².